The van der Waals surface area contributed by atoms with E-state index in [-0.39, 0.29) is 6.10 Å². The van der Waals surface area contributed by atoms with E-state index in [0.717, 1.165) is 48.3 Å². The van der Waals surface area contributed by atoms with Gasteiger partial charge in [-0.1, -0.05) is 40.5 Å². The van der Waals surface area contributed by atoms with Crippen LogP contribution in [0.5, 0.6) is 0 Å². The van der Waals surface area contributed by atoms with Crippen molar-refractivity contribution in [3.8, 4) is 0 Å². The zero-order valence-corrected chi connectivity index (χ0v) is 17.3. The Morgan fingerprint density at radius 1 is 0.920 bits per heavy atom. The SMILES string of the molecule is CCC[C@@H](C)[C@H]1CC[C@H]2[C@@H]3CC[C@@H]4C[C@H](O)CC[C@]4(C)[C@H]3CC[C@]12C. The fourth-order valence-electron chi connectivity index (χ4n) is 8.87. The Hall–Kier alpha value is -0.0400. The van der Waals surface area contributed by atoms with Gasteiger partial charge in [0.25, 0.3) is 0 Å². The minimum absolute atomic E-state index is 0.00534. The fourth-order valence-corrected chi connectivity index (χ4v) is 8.87. The van der Waals surface area contributed by atoms with Crippen LogP contribution in [-0.2, 0) is 0 Å². The van der Waals surface area contributed by atoms with Crippen molar-refractivity contribution in [2.24, 2.45) is 46.3 Å². The van der Waals surface area contributed by atoms with Crippen molar-refractivity contribution >= 4 is 0 Å². The van der Waals surface area contributed by atoms with Crippen LogP contribution in [0, 0.1) is 46.3 Å². The maximum atomic E-state index is 10.2. The molecular weight excluding hydrogens is 304 g/mol. The molecule has 0 heterocycles. The molecule has 0 saturated heterocycles. The highest BCUT2D eigenvalue weighted by Crippen LogP contribution is 2.68. The van der Waals surface area contributed by atoms with Crippen LogP contribution in [0.2, 0.25) is 0 Å². The molecule has 1 nitrogen and oxygen atoms in total. The highest BCUT2D eigenvalue weighted by Gasteiger charge is 2.60. The molecule has 1 heteroatoms. The maximum absolute atomic E-state index is 10.2. The molecule has 9 atom stereocenters. The van der Waals surface area contributed by atoms with E-state index in [1.165, 1.54) is 57.8 Å². The van der Waals surface area contributed by atoms with E-state index in [0.29, 0.717) is 10.8 Å². The lowest BCUT2D eigenvalue weighted by Gasteiger charge is -2.61. The first-order valence-electron chi connectivity index (χ1n) is 11.6. The Labute approximate surface area is 156 Å². The zero-order valence-electron chi connectivity index (χ0n) is 17.3. The topological polar surface area (TPSA) is 20.2 Å². The van der Waals surface area contributed by atoms with Crippen LogP contribution in [-0.4, -0.2) is 11.2 Å². The van der Waals surface area contributed by atoms with Gasteiger partial charge >= 0.3 is 0 Å². The highest BCUT2D eigenvalue weighted by atomic mass is 16.3. The van der Waals surface area contributed by atoms with Crippen LogP contribution in [0.25, 0.3) is 0 Å². The molecule has 4 rings (SSSR count). The number of fused-ring (bicyclic) bond motifs is 5. The van der Waals surface area contributed by atoms with Crippen LogP contribution in [0.1, 0.15) is 98.3 Å². The van der Waals surface area contributed by atoms with Gasteiger partial charge in [-0.3, -0.25) is 0 Å². The summed E-state index contributed by atoms with van der Waals surface area (Å²) in [6, 6.07) is 0. The number of aliphatic hydroxyl groups is 1. The van der Waals surface area contributed by atoms with Gasteiger partial charge in [-0.25, -0.2) is 0 Å². The van der Waals surface area contributed by atoms with Gasteiger partial charge in [-0.15, -0.1) is 0 Å². The van der Waals surface area contributed by atoms with Crippen molar-refractivity contribution in [3.63, 3.8) is 0 Å². The molecule has 0 aliphatic heterocycles. The van der Waals surface area contributed by atoms with E-state index in [1.54, 1.807) is 0 Å². The van der Waals surface area contributed by atoms with Crippen LogP contribution in [0.3, 0.4) is 0 Å². The lowest BCUT2D eigenvalue weighted by atomic mass is 9.44. The highest BCUT2D eigenvalue weighted by molar-refractivity contribution is 5.09. The van der Waals surface area contributed by atoms with Crippen LogP contribution >= 0.6 is 0 Å². The molecule has 0 unspecified atom stereocenters. The van der Waals surface area contributed by atoms with Gasteiger partial charge in [0.15, 0.2) is 0 Å². The van der Waals surface area contributed by atoms with E-state index in [4.69, 9.17) is 0 Å². The Balaban J connectivity index is 1.56. The molecule has 0 spiro atoms. The van der Waals surface area contributed by atoms with Gasteiger partial charge < -0.3 is 5.11 Å². The average Bonchev–Trinajstić information content (AvgIpc) is 2.93. The van der Waals surface area contributed by atoms with Gasteiger partial charge in [0.05, 0.1) is 6.10 Å². The number of aliphatic hydroxyl groups excluding tert-OH is 1. The molecule has 0 radical (unpaired) electrons. The molecule has 144 valence electrons. The van der Waals surface area contributed by atoms with E-state index in [1.807, 2.05) is 0 Å². The lowest BCUT2D eigenvalue weighted by Crippen LogP contribution is -2.54. The molecule has 0 aromatic rings. The minimum atomic E-state index is -0.00534. The molecule has 0 amide bonds. The molecular formula is C24H42O. The molecule has 4 aliphatic carbocycles. The molecule has 4 fully saturated rings. The molecule has 1 N–H and O–H groups in total. The molecule has 0 aromatic heterocycles. The summed E-state index contributed by atoms with van der Waals surface area (Å²) in [4.78, 5) is 0. The summed E-state index contributed by atoms with van der Waals surface area (Å²) in [7, 11) is 0. The summed E-state index contributed by atoms with van der Waals surface area (Å²) in [6.07, 6.45) is 15.1. The van der Waals surface area contributed by atoms with E-state index >= 15 is 0 Å². The van der Waals surface area contributed by atoms with Crippen molar-refractivity contribution in [1.82, 2.24) is 0 Å². The van der Waals surface area contributed by atoms with Gasteiger partial charge in [0.1, 0.15) is 0 Å². The third-order valence-electron chi connectivity index (χ3n) is 10.1. The normalized spacial score (nSPS) is 53.6. The quantitative estimate of drug-likeness (QED) is 0.623. The minimum Gasteiger partial charge on any atom is -0.393 e. The van der Waals surface area contributed by atoms with E-state index in [9.17, 15) is 5.11 Å². The Bertz CT molecular complexity index is 486. The van der Waals surface area contributed by atoms with Gasteiger partial charge in [0, 0.05) is 0 Å². The standard InChI is InChI=1S/C24H42O/c1-5-6-16(2)20-9-10-21-19-8-7-17-15-18(25)11-13-23(17,3)22(19)12-14-24(20,21)4/h16-22,25H,5-15H2,1-4H3/t16-,17-,18-,19+,20-,21+,22+,23+,24-/m1/s1. The first kappa shape index (κ1) is 18.3. The molecule has 0 bridgehead atoms. The predicted octanol–water partition coefficient (Wildman–Crippen LogP) is 6.44. The monoisotopic (exact) mass is 346 g/mol. The van der Waals surface area contributed by atoms with Crippen LogP contribution < -0.4 is 0 Å². The third kappa shape index (κ3) is 2.74. The van der Waals surface area contributed by atoms with Crippen molar-refractivity contribution in [2.45, 2.75) is 104 Å². The molecule has 4 aliphatic rings. The van der Waals surface area contributed by atoms with Gasteiger partial charge in [0.2, 0.25) is 0 Å². The summed E-state index contributed by atoms with van der Waals surface area (Å²) >= 11 is 0. The van der Waals surface area contributed by atoms with Crippen LogP contribution in [0.15, 0.2) is 0 Å². The maximum Gasteiger partial charge on any atom is 0.0543 e. The number of rotatable bonds is 3. The zero-order chi connectivity index (χ0) is 17.8. The van der Waals surface area contributed by atoms with Crippen LogP contribution in [0.4, 0.5) is 0 Å². The first-order valence-corrected chi connectivity index (χ1v) is 11.6. The smallest absolute Gasteiger partial charge is 0.0543 e. The first-order chi connectivity index (χ1) is 11.9. The van der Waals surface area contributed by atoms with Gasteiger partial charge in [-0.05, 0) is 104 Å². The Kier molecular flexibility index (Phi) is 4.79. The Morgan fingerprint density at radius 3 is 2.40 bits per heavy atom. The van der Waals surface area contributed by atoms with E-state index in [2.05, 4.69) is 27.7 Å². The second kappa shape index (κ2) is 6.54. The van der Waals surface area contributed by atoms with Crippen molar-refractivity contribution < 1.29 is 5.11 Å². The average molecular weight is 347 g/mol. The van der Waals surface area contributed by atoms with Crippen molar-refractivity contribution in [1.29, 1.82) is 0 Å². The summed E-state index contributed by atoms with van der Waals surface area (Å²) in [5.74, 6) is 5.66. The van der Waals surface area contributed by atoms with E-state index < -0.39 is 0 Å². The van der Waals surface area contributed by atoms with Gasteiger partial charge in [-0.2, -0.15) is 0 Å². The molecule has 25 heavy (non-hydrogen) atoms. The van der Waals surface area contributed by atoms with Crippen molar-refractivity contribution in [3.05, 3.63) is 0 Å². The van der Waals surface area contributed by atoms with Crippen molar-refractivity contribution in [2.75, 3.05) is 0 Å². The fraction of sp³-hybridized carbons (Fsp3) is 1.00. The largest absolute Gasteiger partial charge is 0.393 e. The summed E-state index contributed by atoms with van der Waals surface area (Å²) in [6.45, 7) is 10.2. The summed E-state index contributed by atoms with van der Waals surface area (Å²) < 4.78 is 0. The third-order valence-corrected chi connectivity index (χ3v) is 10.1. The summed E-state index contributed by atoms with van der Waals surface area (Å²) in [5, 5.41) is 10.2. The number of hydrogen-bond acceptors (Lipinski definition) is 1. The molecule has 0 aromatic carbocycles. The number of hydrogen-bond donors (Lipinski definition) is 1. The Morgan fingerprint density at radius 2 is 1.64 bits per heavy atom. The predicted molar refractivity (Wildman–Crippen MR) is 105 cm³/mol. The second-order valence-corrected chi connectivity index (χ2v) is 11.1. The molecule has 4 saturated carbocycles. The second-order valence-electron chi connectivity index (χ2n) is 11.1. The summed E-state index contributed by atoms with van der Waals surface area (Å²) in [5.41, 5.74) is 1.17. The lowest BCUT2D eigenvalue weighted by molar-refractivity contribution is -0.129.